The highest BCUT2D eigenvalue weighted by Crippen LogP contribution is 2.32. The zero-order valence-electron chi connectivity index (χ0n) is 19.3. The summed E-state index contributed by atoms with van der Waals surface area (Å²) in [5.41, 5.74) is 4.19. The number of rotatable bonds is 7. The van der Waals surface area contributed by atoms with E-state index in [-0.39, 0.29) is 13.2 Å². The minimum absolute atomic E-state index is 0.243. The Balaban J connectivity index is 1.63. The second-order valence-electron chi connectivity index (χ2n) is 7.69. The number of amides is 2. The summed E-state index contributed by atoms with van der Waals surface area (Å²) in [6, 6.07) is 21.6. The van der Waals surface area contributed by atoms with E-state index in [1.165, 1.54) is 0 Å². The van der Waals surface area contributed by atoms with Crippen LogP contribution in [0.1, 0.15) is 12.5 Å². The summed E-state index contributed by atoms with van der Waals surface area (Å²) >= 11 is 6.14. The first-order valence-corrected chi connectivity index (χ1v) is 11.4. The van der Waals surface area contributed by atoms with Gasteiger partial charge in [0.1, 0.15) is 5.75 Å². The van der Waals surface area contributed by atoms with Crippen molar-refractivity contribution in [2.24, 2.45) is 0 Å². The van der Waals surface area contributed by atoms with Crippen LogP contribution in [0.15, 0.2) is 72.8 Å². The predicted molar refractivity (Wildman–Crippen MR) is 138 cm³/mol. The molecule has 4 aromatic rings. The Morgan fingerprint density at radius 1 is 0.971 bits per heavy atom. The van der Waals surface area contributed by atoms with Gasteiger partial charge in [-0.3, -0.25) is 0 Å². The van der Waals surface area contributed by atoms with Crippen LogP contribution >= 0.6 is 11.6 Å². The molecule has 0 atom stereocenters. The van der Waals surface area contributed by atoms with Gasteiger partial charge in [-0.05, 0) is 49.7 Å². The number of pyridine rings is 1. The van der Waals surface area contributed by atoms with Crippen molar-refractivity contribution in [2.45, 2.75) is 13.8 Å². The predicted octanol–water partition coefficient (Wildman–Crippen LogP) is 6.45. The fourth-order valence-electron chi connectivity index (χ4n) is 3.52. The van der Waals surface area contributed by atoms with Crippen molar-refractivity contribution in [3.63, 3.8) is 0 Å². The number of carbonyl (C=O) groups is 2. The molecule has 1 heterocycles. The zero-order valence-corrected chi connectivity index (χ0v) is 20.1. The number of esters is 1. The fraction of sp³-hybridized carbons (Fsp3) is 0.148. The number of benzene rings is 3. The summed E-state index contributed by atoms with van der Waals surface area (Å²) < 4.78 is 10.8. The molecule has 0 unspecified atom stereocenters. The number of nitrogens with zero attached hydrogens (tertiary/aromatic N) is 1. The van der Waals surface area contributed by atoms with Crippen LogP contribution in [0.25, 0.3) is 22.2 Å². The van der Waals surface area contributed by atoms with Crippen LogP contribution in [0, 0.1) is 6.92 Å². The molecule has 8 heteroatoms. The minimum Gasteiger partial charge on any atom is -0.481 e. The van der Waals surface area contributed by atoms with Crippen molar-refractivity contribution in [1.82, 2.24) is 4.98 Å². The molecule has 0 radical (unpaired) electrons. The second kappa shape index (κ2) is 10.9. The molecule has 0 spiro atoms. The molecule has 7 nitrogen and oxygen atoms in total. The number of halogens is 1. The van der Waals surface area contributed by atoms with Crippen LogP contribution in [-0.4, -0.2) is 30.2 Å². The number of hydrogen-bond donors (Lipinski definition) is 2. The molecular weight excluding hydrogens is 466 g/mol. The van der Waals surface area contributed by atoms with E-state index < -0.39 is 12.0 Å². The Kier molecular flexibility index (Phi) is 7.48. The Morgan fingerprint density at radius 3 is 2.54 bits per heavy atom. The van der Waals surface area contributed by atoms with E-state index >= 15 is 0 Å². The van der Waals surface area contributed by atoms with E-state index in [0.717, 1.165) is 11.1 Å². The van der Waals surface area contributed by atoms with Crippen molar-refractivity contribution in [2.75, 3.05) is 23.8 Å². The first-order valence-electron chi connectivity index (χ1n) is 11.1. The molecule has 0 fully saturated rings. The molecule has 0 saturated heterocycles. The molecular formula is C27H24ClN3O4. The Hall–Kier alpha value is -4.10. The molecule has 0 aliphatic rings. The van der Waals surface area contributed by atoms with Crippen LogP contribution in [0.4, 0.5) is 16.2 Å². The summed E-state index contributed by atoms with van der Waals surface area (Å²) in [6.07, 6.45) is 0. The normalized spacial score (nSPS) is 10.6. The lowest BCUT2D eigenvalue weighted by atomic mass is 10.1. The molecule has 2 N–H and O–H groups in total. The maximum atomic E-state index is 12.6. The first kappa shape index (κ1) is 24.0. The number of fused-ring (bicyclic) bond motifs is 1. The summed E-state index contributed by atoms with van der Waals surface area (Å²) in [7, 11) is 0. The second-order valence-corrected chi connectivity index (χ2v) is 8.10. The maximum absolute atomic E-state index is 12.6. The molecule has 0 aliphatic heterocycles. The fourth-order valence-corrected chi connectivity index (χ4v) is 3.69. The van der Waals surface area contributed by atoms with Gasteiger partial charge in [0.05, 0.1) is 17.8 Å². The average Bonchev–Trinajstić information content (AvgIpc) is 2.86. The Labute approximate surface area is 208 Å². The van der Waals surface area contributed by atoms with Gasteiger partial charge in [0.15, 0.2) is 6.61 Å². The van der Waals surface area contributed by atoms with Gasteiger partial charge in [0.2, 0.25) is 0 Å². The molecule has 0 saturated carbocycles. The monoisotopic (exact) mass is 489 g/mol. The number of nitrogens with one attached hydrogen (secondary N) is 2. The summed E-state index contributed by atoms with van der Waals surface area (Å²) in [5, 5.41) is 6.84. The van der Waals surface area contributed by atoms with Crippen molar-refractivity contribution in [3.05, 3.63) is 83.4 Å². The number of aromatic nitrogens is 1. The molecule has 4 rings (SSSR count). The molecule has 1 aromatic heterocycles. The van der Waals surface area contributed by atoms with Gasteiger partial charge in [-0.25, -0.2) is 14.6 Å². The number of hydrogen-bond acceptors (Lipinski definition) is 5. The summed E-state index contributed by atoms with van der Waals surface area (Å²) in [5.74, 6) is -0.0130. The number of anilines is 2. The smallest absolute Gasteiger partial charge is 0.344 e. The lowest BCUT2D eigenvalue weighted by molar-refractivity contribution is -0.145. The van der Waals surface area contributed by atoms with Gasteiger partial charge in [-0.15, -0.1) is 0 Å². The summed E-state index contributed by atoms with van der Waals surface area (Å²) in [4.78, 5) is 29.3. The van der Waals surface area contributed by atoms with Crippen LogP contribution in [0.2, 0.25) is 5.02 Å². The molecule has 2 amide bonds. The average molecular weight is 490 g/mol. The highest BCUT2D eigenvalue weighted by atomic mass is 35.5. The van der Waals surface area contributed by atoms with Gasteiger partial charge in [0, 0.05) is 33.4 Å². The molecule has 3 aromatic carbocycles. The van der Waals surface area contributed by atoms with E-state index in [1.54, 1.807) is 49.4 Å². The lowest BCUT2D eigenvalue weighted by Gasteiger charge is -2.14. The van der Waals surface area contributed by atoms with Crippen LogP contribution in [0.3, 0.4) is 0 Å². The van der Waals surface area contributed by atoms with Gasteiger partial charge in [0.25, 0.3) is 0 Å². The SMILES string of the molecule is CCOC(=O)COc1cc(-c2ccccc2)nc2ccc(NC(=O)Nc3cccc(Cl)c3C)cc12. The zero-order chi connectivity index (χ0) is 24.8. The van der Waals surface area contributed by atoms with E-state index in [9.17, 15) is 9.59 Å². The topological polar surface area (TPSA) is 89.6 Å². The van der Waals surface area contributed by atoms with Crippen molar-refractivity contribution in [3.8, 4) is 17.0 Å². The van der Waals surface area contributed by atoms with E-state index in [0.29, 0.717) is 38.7 Å². The van der Waals surface area contributed by atoms with Gasteiger partial charge >= 0.3 is 12.0 Å². The third kappa shape index (κ3) is 5.88. The molecule has 35 heavy (non-hydrogen) atoms. The van der Waals surface area contributed by atoms with Gasteiger partial charge in [-0.2, -0.15) is 0 Å². The van der Waals surface area contributed by atoms with Crippen LogP contribution in [-0.2, 0) is 9.53 Å². The maximum Gasteiger partial charge on any atom is 0.344 e. The largest absolute Gasteiger partial charge is 0.481 e. The number of urea groups is 1. The minimum atomic E-state index is -0.468. The highest BCUT2D eigenvalue weighted by molar-refractivity contribution is 6.31. The first-order chi connectivity index (χ1) is 16.9. The van der Waals surface area contributed by atoms with Gasteiger partial charge < -0.3 is 20.1 Å². The number of carbonyl (C=O) groups excluding carboxylic acids is 2. The van der Waals surface area contributed by atoms with Crippen LogP contribution in [0.5, 0.6) is 5.75 Å². The Bertz CT molecular complexity index is 1380. The molecule has 0 bridgehead atoms. The standard InChI is InChI=1S/C27H24ClN3O4/c1-3-34-26(32)16-35-25-15-24(18-8-5-4-6-9-18)30-23-13-12-19(14-20(23)25)29-27(33)31-22-11-7-10-21(28)17(22)2/h4-15H,3,16H2,1-2H3,(H2,29,31,33). The van der Waals surface area contributed by atoms with Crippen LogP contribution < -0.4 is 15.4 Å². The van der Waals surface area contributed by atoms with Crippen molar-refractivity contribution >= 4 is 45.9 Å². The lowest BCUT2D eigenvalue weighted by Crippen LogP contribution is -2.20. The quantitative estimate of drug-likeness (QED) is 0.291. The van der Waals surface area contributed by atoms with Gasteiger partial charge in [-0.1, -0.05) is 48.0 Å². The summed E-state index contributed by atoms with van der Waals surface area (Å²) in [6.45, 7) is 3.59. The van der Waals surface area contributed by atoms with E-state index in [1.807, 2.05) is 37.3 Å². The van der Waals surface area contributed by atoms with E-state index in [2.05, 4.69) is 10.6 Å². The van der Waals surface area contributed by atoms with E-state index in [4.69, 9.17) is 26.1 Å². The molecule has 178 valence electrons. The van der Waals surface area contributed by atoms with Crippen molar-refractivity contribution in [1.29, 1.82) is 0 Å². The number of ether oxygens (including phenoxy) is 2. The highest BCUT2D eigenvalue weighted by Gasteiger charge is 2.13. The molecule has 0 aliphatic carbocycles. The third-order valence-corrected chi connectivity index (χ3v) is 5.67. The third-order valence-electron chi connectivity index (χ3n) is 5.26. The van der Waals surface area contributed by atoms with Crippen molar-refractivity contribution < 1.29 is 19.1 Å². The Morgan fingerprint density at radius 2 is 1.77 bits per heavy atom.